The van der Waals surface area contributed by atoms with Gasteiger partial charge in [-0.05, 0) is 32.6 Å². The molecule has 0 atom stereocenters. The second-order valence-electron chi connectivity index (χ2n) is 6.01. The van der Waals surface area contributed by atoms with Crippen molar-refractivity contribution in [2.75, 3.05) is 28.7 Å². The summed E-state index contributed by atoms with van der Waals surface area (Å²) >= 11 is 0. The highest BCUT2D eigenvalue weighted by Gasteiger charge is 2.29. The molecule has 0 aromatic carbocycles. The Labute approximate surface area is 119 Å². The van der Waals surface area contributed by atoms with Gasteiger partial charge in [-0.15, -0.1) is 0 Å². The SMILES string of the molecule is CC1(Nc2nc(NN)nc(N3CCCC3)n2)CCCC1. The molecule has 0 amide bonds. The maximum absolute atomic E-state index is 5.48. The molecular weight excluding hydrogens is 254 g/mol. The van der Waals surface area contributed by atoms with Gasteiger partial charge in [-0.1, -0.05) is 12.8 Å². The van der Waals surface area contributed by atoms with Crippen molar-refractivity contribution in [2.45, 2.75) is 51.0 Å². The molecule has 3 rings (SSSR count). The van der Waals surface area contributed by atoms with E-state index in [2.05, 4.69) is 37.5 Å². The first-order valence-electron chi connectivity index (χ1n) is 7.44. The predicted molar refractivity (Wildman–Crippen MR) is 79.6 cm³/mol. The highest BCUT2D eigenvalue weighted by Crippen LogP contribution is 2.32. The zero-order valence-electron chi connectivity index (χ0n) is 12.0. The van der Waals surface area contributed by atoms with Crippen LogP contribution in [-0.2, 0) is 0 Å². The molecule has 0 radical (unpaired) electrons. The lowest BCUT2D eigenvalue weighted by Gasteiger charge is -2.26. The van der Waals surface area contributed by atoms with Crippen molar-refractivity contribution < 1.29 is 0 Å². The lowest BCUT2D eigenvalue weighted by atomic mass is 10.0. The van der Waals surface area contributed by atoms with Crippen LogP contribution in [0.3, 0.4) is 0 Å². The molecule has 0 unspecified atom stereocenters. The second-order valence-corrected chi connectivity index (χ2v) is 6.01. The molecular formula is C13H23N7. The van der Waals surface area contributed by atoms with Crippen LogP contribution in [-0.4, -0.2) is 33.6 Å². The number of hydrogen-bond acceptors (Lipinski definition) is 7. The van der Waals surface area contributed by atoms with Gasteiger partial charge in [0.2, 0.25) is 17.8 Å². The van der Waals surface area contributed by atoms with E-state index >= 15 is 0 Å². The van der Waals surface area contributed by atoms with Gasteiger partial charge in [0.15, 0.2) is 0 Å². The van der Waals surface area contributed by atoms with Gasteiger partial charge in [-0.2, -0.15) is 15.0 Å². The van der Waals surface area contributed by atoms with Crippen molar-refractivity contribution in [1.82, 2.24) is 15.0 Å². The molecule has 2 heterocycles. The van der Waals surface area contributed by atoms with Crippen LogP contribution in [0.1, 0.15) is 45.4 Å². The summed E-state index contributed by atoms with van der Waals surface area (Å²) in [4.78, 5) is 15.4. The van der Waals surface area contributed by atoms with Crippen LogP contribution in [0.25, 0.3) is 0 Å². The Hall–Kier alpha value is -1.63. The van der Waals surface area contributed by atoms with E-state index in [0.29, 0.717) is 11.9 Å². The van der Waals surface area contributed by atoms with E-state index in [1.54, 1.807) is 0 Å². The molecule has 0 spiro atoms. The van der Waals surface area contributed by atoms with Gasteiger partial charge >= 0.3 is 0 Å². The van der Waals surface area contributed by atoms with Crippen LogP contribution in [0, 0.1) is 0 Å². The topological polar surface area (TPSA) is 92.0 Å². The van der Waals surface area contributed by atoms with Crippen molar-refractivity contribution in [1.29, 1.82) is 0 Å². The molecule has 1 saturated heterocycles. The number of nitrogens with one attached hydrogen (secondary N) is 2. The van der Waals surface area contributed by atoms with E-state index in [4.69, 9.17) is 5.84 Å². The van der Waals surface area contributed by atoms with Crippen molar-refractivity contribution in [3.05, 3.63) is 0 Å². The van der Waals surface area contributed by atoms with Crippen molar-refractivity contribution in [3.63, 3.8) is 0 Å². The van der Waals surface area contributed by atoms with Gasteiger partial charge in [-0.25, -0.2) is 5.84 Å². The molecule has 1 aromatic rings. The molecule has 1 aromatic heterocycles. The number of nitrogens with zero attached hydrogens (tertiary/aromatic N) is 4. The third kappa shape index (κ3) is 2.77. The number of aromatic nitrogens is 3. The smallest absolute Gasteiger partial charge is 0.243 e. The van der Waals surface area contributed by atoms with E-state index < -0.39 is 0 Å². The Morgan fingerprint density at radius 3 is 2.30 bits per heavy atom. The monoisotopic (exact) mass is 277 g/mol. The van der Waals surface area contributed by atoms with E-state index in [0.717, 1.165) is 31.9 Å². The predicted octanol–water partition coefficient (Wildman–Crippen LogP) is 1.50. The van der Waals surface area contributed by atoms with Gasteiger partial charge in [0, 0.05) is 18.6 Å². The van der Waals surface area contributed by atoms with Crippen molar-refractivity contribution in [3.8, 4) is 0 Å². The van der Waals surface area contributed by atoms with E-state index in [-0.39, 0.29) is 5.54 Å². The molecule has 7 heteroatoms. The summed E-state index contributed by atoms with van der Waals surface area (Å²) in [5.41, 5.74) is 2.63. The highest BCUT2D eigenvalue weighted by atomic mass is 15.4. The molecule has 4 N–H and O–H groups in total. The third-order valence-corrected chi connectivity index (χ3v) is 4.26. The fraction of sp³-hybridized carbons (Fsp3) is 0.769. The Morgan fingerprint density at radius 2 is 1.65 bits per heavy atom. The number of nitrogens with two attached hydrogens (primary N) is 1. The summed E-state index contributed by atoms with van der Waals surface area (Å²) in [6.07, 6.45) is 7.21. The summed E-state index contributed by atoms with van der Waals surface area (Å²) in [6, 6.07) is 0. The minimum absolute atomic E-state index is 0.0928. The van der Waals surface area contributed by atoms with Crippen LogP contribution in [0.4, 0.5) is 17.8 Å². The standard InChI is InChI=1S/C13H23N7/c1-13(6-2-3-7-13)18-10-15-11(19-14)17-12(16-10)20-8-4-5-9-20/h2-9,14H2,1H3,(H2,15,16,17,18,19). The molecule has 2 fully saturated rings. The normalized spacial score (nSPS) is 21.2. The zero-order chi connectivity index (χ0) is 14.0. The molecule has 2 aliphatic rings. The second kappa shape index (κ2) is 5.40. The lowest BCUT2D eigenvalue weighted by molar-refractivity contribution is 0.528. The van der Waals surface area contributed by atoms with Crippen LogP contribution < -0.4 is 21.5 Å². The summed E-state index contributed by atoms with van der Waals surface area (Å²) in [5, 5.41) is 3.47. The largest absolute Gasteiger partial charge is 0.349 e. The molecule has 1 aliphatic heterocycles. The number of hydrogen-bond donors (Lipinski definition) is 3. The van der Waals surface area contributed by atoms with Crippen LogP contribution in [0.2, 0.25) is 0 Å². The Bertz CT molecular complexity index is 464. The maximum atomic E-state index is 5.48. The first-order chi connectivity index (χ1) is 9.68. The Kier molecular flexibility index (Phi) is 3.60. The number of anilines is 3. The van der Waals surface area contributed by atoms with E-state index in [9.17, 15) is 0 Å². The molecule has 20 heavy (non-hydrogen) atoms. The third-order valence-electron chi connectivity index (χ3n) is 4.26. The van der Waals surface area contributed by atoms with E-state index in [1.165, 1.54) is 25.7 Å². The van der Waals surface area contributed by atoms with Crippen molar-refractivity contribution >= 4 is 17.8 Å². The molecule has 0 bridgehead atoms. The summed E-state index contributed by atoms with van der Waals surface area (Å²) < 4.78 is 0. The van der Waals surface area contributed by atoms with Gasteiger partial charge in [0.25, 0.3) is 0 Å². The lowest BCUT2D eigenvalue weighted by Crippen LogP contribution is -2.33. The first-order valence-corrected chi connectivity index (χ1v) is 7.44. The fourth-order valence-electron chi connectivity index (χ4n) is 3.09. The molecule has 7 nitrogen and oxygen atoms in total. The summed E-state index contributed by atoms with van der Waals surface area (Å²) in [5.74, 6) is 7.24. The van der Waals surface area contributed by atoms with E-state index in [1.807, 2.05) is 0 Å². The van der Waals surface area contributed by atoms with Gasteiger partial charge in [-0.3, -0.25) is 5.43 Å². The molecule has 110 valence electrons. The highest BCUT2D eigenvalue weighted by molar-refractivity contribution is 5.45. The van der Waals surface area contributed by atoms with Gasteiger partial charge < -0.3 is 10.2 Å². The summed E-state index contributed by atoms with van der Waals surface area (Å²) in [7, 11) is 0. The number of hydrazine groups is 1. The number of rotatable bonds is 4. The quantitative estimate of drug-likeness (QED) is 0.567. The van der Waals surface area contributed by atoms with Crippen LogP contribution in [0.5, 0.6) is 0 Å². The average Bonchev–Trinajstić information content (AvgIpc) is 3.09. The number of nitrogen functional groups attached to an aromatic ring is 1. The Morgan fingerprint density at radius 1 is 1.00 bits per heavy atom. The Balaban J connectivity index is 1.83. The van der Waals surface area contributed by atoms with Gasteiger partial charge in [0.1, 0.15) is 0 Å². The van der Waals surface area contributed by atoms with Crippen LogP contribution in [0.15, 0.2) is 0 Å². The minimum Gasteiger partial charge on any atom is -0.349 e. The molecule has 1 aliphatic carbocycles. The fourth-order valence-corrected chi connectivity index (χ4v) is 3.09. The minimum atomic E-state index is 0.0928. The van der Waals surface area contributed by atoms with Crippen LogP contribution >= 0.6 is 0 Å². The summed E-state index contributed by atoms with van der Waals surface area (Å²) in [6.45, 7) is 4.24. The molecule has 1 saturated carbocycles. The maximum Gasteiger partial charge on any atom is 0.243 e. The van der Waals surface area contributed by atoms with Crippen molar-refractivity contribution in [2.24, 2.45) is 5.84 Å². The average molecular weight is 277 g/mol. The first kappa shape index (κ1) is 13.4. The zero-order valence-corrected chi connectivity index (χ0v) is 12.0. The van der Waals surface area contributed by atoms with Gasteiger partial charge in [0.05, 0.1) is 0 Å².